The summed E-state index contributed by atoms with van der Waals surface area (Å²) in [5, 5.41) is 7.88. The first kappa shape index (κ1) is 15.2. The summed E-state index contributed by atoms with van der Waals surface area (Å²) in [6.07, 6.45) is 6.22. The highest BCUT2D eigenvalue weighted by Crippen LogP contribution is 2.16. The second-order valence-electron chi connectivity index (χ2n) is 6.35. The van der Waals surface area contributed by atoms with E-state index in [2.05, 4.69) is 45.4 Å². The topological polar surface area (TPSA) is 48.7 Å². The molecule has 2 aromatic rings. The standard InChI is InChI=1S/C16H26N6/c1-13-12-15-16(18-7-11-22(15)19-13)17-6-10-21-8-4-14(5-9-21)20(2)3/h7,11-12,14H,4-6,8-10H2,1-3H3,(H,17,18). The van der Waals surface area contributed by atoms with Gasteiger partial charge in [0, 0.05) is 31.5 Å². The van der Waals surface area contributed by atoms with Gasteiger partial charge in [-0.3, -0.25) is 0 Å². The third-order valence-corrected chi connectivity index (χ3v) is 4.52. The minimum Gasteiger partial charge on any atom is -0.367 e. The van der Waals surface area contributed by atoms with E-state index in [0.29, 0.717) is 0 Å². The molecule has 1 fully saturated rings. The molecule has 6 nitrogen and oxygen atoms in total. The molecule has 1 N–H and O–H groups in total. The van der Waals surface area contributed by atoms with Crippen LogP contribution in [-0.2, 0) is 0 Å². The maximum Gasteiger partial charge on any atom is 0.152 e. The van der Waals surface area contributed by atoms with E-state index in [1.54, 1.807) is 6.20 Å². The molecule has 0 amide bonds. The van der Waals surface area contributed by atoms with Gasteiger partial charge in [-0.25, -0.2) is 9.50 Å². The largest absolute Gasteiger partial charge is 0.367 e. The average Bonchev–Trinajstić information content (AvgIpc) is 2.89. The van der Waals surface area contributed by atoms with E-state index >= 15 is 0 Å². The molecule has 0 spiro atoms. The molecule has 0 aromatic carbocycles. The Morgan fingerprint density at radius 1 is 1.32 bits per heavy atom. The van der Waals surface area contributed by atoms with Crippen molar-refractivity contribution in [3.05, 3.63) is 24.2 Å². The van der Waals surface area contributed by atoms with Crippen LogP contribution in [0.2, 0.25) is 0 Å². The number of anilines is 1. The second-order valence-corrected chi connectivity index (χ2v) is 6.35. The van der Waals surface area contributed by atoms with Gasteiger partial charge in [-0.05, 0) is 53.0 Å². The van der Waals surface area contributed by atoms with Gasteiger partial charge in [-0.15, -0.1) is 0 Å². The molecule has 2 aromatic heterocycles. The Labute approximate surface area is 132 Å². The Morgan fingerprint density at radius 3 is 2.82 bits per heavy atom. The second kappa shape index (κ2) is 6.62. The number of likely N-dealkylation sites (tertiary alicyclic amines) is 1. The van der Waals surface area contributed by atoms with Crippen molar-refractivity contribution in [2.45, 2.75) is 25.8 Å². The summed E-state index contributed by atoms with van der Waals surface area (Å²) in [7, 11) is 4.36. The zero-order valence-corrected chi connectivity index (χ0v) is 13.8. The lowest BCUT2D eigenvalue weighted by molar-refractivity contribution is 0.148. The highest BCUT2D eigenvalue weighted by atomic mass is 15.2. The summed E-state index contributed by atoms with van der Waals surface area (Å²) in [5.74, 6) is 0.922. The van der Waals surface area contributed by atoms with Crippen molar-refractivity contribution in [3.63, 3.8) is 0 Å². The van der Waals surface area contributed by atoms with Crippen molar-refractivity contribution in [3.8, 4) is 0 Å². The number of nitrogens with zero attached hydrogens (tertiary/aromatic N) is 5. The van der Waals surface area contributed by atoms with E-state index in [0.717, 1.165) is 36.2 Å². The monoisotopic (exact) mass is 302 g/mol. The van der Waals surface area contributed by atoms with Gasteiger partial charge in [0.1, 0.15) is 5.52 Å². The molecule has 6 heteroatoms. The Morgan fingerprint density at radius 2 is 2.09 bits per heavy atom. The van der Waals surface area contributed by atoms with Crippen LogP contribution in [0.1, 0.15) is 18.5 Å². The van der Waals surface area contributed by atoms with Gasteiger partial charge >= 0.3 is 0 Å². The molecule has 0 aliphatic carbocycles. The van der Waals surface area contributed by atoms with Crippen LogP contribution in [-0.4, -0.2) is 70.7 Å². The van der Waals surface area contributed by atoms with Gasteiger partial charge in [0.25, 0.3) is 0 Å². The summed E-state index contributed by atoms with van der Waals surface area (Å²) in [6, 6.07) is 2.81. The van der Waals surface area contributed by atoms with Crippen LogP contribution in [0, 0.1) is 6.92 Å². The van der Waals surface area contributed by atoms with Crippen LogP contribution >= 0.6 is 0 Å². The van der Waals surface area contributed by atoms with Gasteiger partial charge in [0.15, 0.2) is 5.82 Å². The first-order valence-corrected chi connectivity index (χ1v) is 8.07. The number of rotatable bonds is 5. The highest BCUT2D eigenvalue weighted by molar-refractivity contribution is 5.67. The summed E-state index contributed by atoms with van der Waals surface area (Å²) in [5.41, 5.74) is 2.06. The lowest BCUT2D eigenvalue weighted by Crippen LogP contribution is -2.43. The molecule has 1 saturated heterocycles. The molecule has 0 unspecified atom stereocenters. The van der Waals surface area contributed by atoms with E-state index in [-0.39, 0.29) is 0 Å². The molecule has 0 atom stereocenters. The summed E-state index contributed by atoms with van der Waals surface area (Å²) < 4.78 is 1.88. The minimum absolute atomic E-state index is 0.745. The van der Waals surface area contributed by atoms with Gasteiger partial charge in [0.2, 0.25) is 0 Å². The molecule has 22 heavy (non-hydrogen) atoms. The van der Waals surface area contributed by atoms with Crippen molar-refractivity contribution in [2.24, 2.45) is 0 Å². The fourth-order valence-corrected chi connectivity index (χ4v) is 3.17. The smallest absolute Gasteiger partial charge is 0.152 e. The fraction of sp³-hybridized carbons (Fsp3) is 0.625. The van der Waals surface area contributed by atoms with Crippen molar-refractivity contribution < 1.29 is 0 Å². The van der Waals surface area contributed by atoms with Crippen LogP contribution in [0.4, 0.5) is 5.82 Å². The Hall–Kier alpha value is -1.66. The highest BCUT2D eigenvalue weighted by Gasteiger charge is 2.20. The van der Waals surface area contributed by atoms with Crippen LogP contribution in [0.5, 0.6) is 0 Å². The van der Waals surface area contributed by atoms with Gasteiger partial charge in [-0.1, -0.05) is 0 Å². The summed E-state index contributed by atoms with van der Waals surface area (Å²) >= 11 is 0. The number of fused-ring (bicyclic) bond motifs is 1. The quantitative estimate of drug-likeness (QED) is 0.906. The third kappa shape index (κ3) is 3.39. The van der Waals surface area contributed by atoms with Gasteiger partial charge < -0.3 is 15.1 Å². The Balaban J connectivity index is 1.51. The molecule has 1 aliphatic rings. The van der Waals surface area contributed by atoms with Crippen LogP contribution in [0.25, 0.3) is 5.52 Å². The molecule has 3 heterocycles. The number of nitrogens with one attached hydrogen (secondary N) is 1. The number of hydrogen-bond donors (Lipinski definition) is 1. The maximum absolute atomic E-state index is 4.44. The molecule has 0 bridgehead atoms. The van der Waals surface area contributed by atoms with Crippen LogP contribution < -0.4 is 5.32 Å². The van der Waals surface area contributed by atoms with E-state index < -0.39 is 0 Å². The van der Waals surface area contributed by atoms with Crippen molar-refractivity contribution in [1.82, 2.24) is 24.4 Å². The van der Waals surface area contributed by atoms with E-state index in [9.17, 15) is 0 Å². The van der Waals surface area contributed by atoms with E-state index in [4.69, 9.17) is 0 Å². The normalized spacial score (nSPS) is 17.5. The van der Waals surface area contributed by atoms with Crippen LogP contribution in [0.15, 0.2) is 18.5 Å². The van der Waals surface area contributed by atoms with Crippen molar-refractivity contribution in [1.29, 1.82) is 0 Å². The molecule has 120 valence electrons. The molecule has 0 saturated carbocycles. The lowest BCUT2D eigenvalue weighted by Gasteiger charge is -2.35. The van der Waals surface area contributed by atoms with Gasteiger partial charge in [0.05, 0.1) is 5.69 Å². The number of piperidine rings is 1. The molecular formula is C16H26N6. The molecular weight excluding hydrogens is 276 g/mol. The van der Waals surface area contributed by atoms with E-state index in [1.165, 1.54) is 25.9 Å². The zero-order valence-electron chi connectivity index (χ0n) is 13.8. The number of hydrogen-bond acceptors (Lipinski definition) is 5. The summed E-state index contributed by atoms with van der Waals surface area (Å²) in [6.45, 7) is 6.37. The molecule has 0 radical (unpaired) electrons. The first-order chi connectivity index (χ1) is 10.6. The Kier molecular flexibility index (Phi) is 4.59. The minimum atomic E-state index is 0.745. The number of aromatic nitrogens is 3. The first-order valence-electron chi connectivity index (χ1n) is 8.07. The predicted octanol–water partition coefficient (Wildman–Crippen LogP) is 1.48. The van der Waals surface area contributed by atoms with E-state index in [1.807, 2.05) is 17.6 Å². The SMILES string of the molecule is Cc1cc2c(NCCN3CCC(N(C)C)CC3)nccn2n1. The predicted molar refractivity (Wildman–Crippen MR) is 89.4 cm³/mol. The lowest BCUT2D eigenvalue weighted by atomic mass is 10.0. The third-order valence-electron chi connectivity index (χ3n) is 4.52. The Bertz CT molecular complexity index is 612. The fourth-order valence-electron chi connectivity index (χ4n) is 3.17. The number of aryl methyl sites for hydroxylation is 1. The van der Waals surface area contributed by atoms with Crippen molar-refractivity contribution in [2.75, 3.05) is 45.6 Å². The van der Waals surface area contributed by atoms with Crippen molar-refractivity contribution >= 4 is 11.3 Å². The molecule has 1 aliphatic heterocycles. The summed E-state index contributed by atoms with van der Waals surface area (Å²) in [4.78, 5) is 9.33. The molecule has 3 rings (SSSR count). The average molecular weight is 302 g/mol. The maximum atomic E-state index is 4.44. The van der Waals surface area contributed by atoms with Crippen LogP contribution in [0.3, 0.4) is 0 Å². The zero-order chi connectivity index (χ0) is 15.5. The van der Waals surface area contributed by atoms with Gasteiger partial charge in [-0.2, -0.15) is 5.10 Å².